The molecule has 8 heteroatoms. The average molecular weight is 435 g/mol. The molecule has 0 saturated heterocycles. The third kappa shape index (κ3) is 3.10. The molecule has 0 aliphatic carbocycles. The van der Waals surface area contributed by atoms with Gasteiger partial charge in [0, 0.05) is 29.9 Å². The van der Waals surface area contributed by atoms with Gasteiger partial charge in [0.2, 0.25) is 0 Å². The molecule has 166 valence electrons. The molecule has 0 spiro atoms. The van der Waals surface area contributed by atoms with E-state index in [2.05, 4.69) is 5.32 Å². The molecule has 1 aromatic carbocycles. The van der Waals surface area contributed by atoms with Crippen molar-refractivity contribution in [2.75, 3.05) is 21.3 Å². The van der Waals surface area contributed by atoms with Crippen molar-refractivity contribution in [3.63, 3.8) is 0 Å². The zero-order valence-electron chi connectivity index (χ0n) is 18.9. The summed E-state index contributed by atoms with van der Waals surface area (Å²) in [5.74, 6) is -1.29. The normalized spacial score (nSPS) is 14.7. The van der Waals surface area contributed by atoms with Crippen LogP contribution >= 0.6 is 0 Å². The Balaban J connectivity index is 2.08. The van der Waals surface area contributed by atoms with Crippen molar-refractivity contribution in [1.82, 2.24) is 14.9 Å². The molecule has 32 heavy (non-hydrogen) atoms. The minimum atomic E-state index is -0.784. The number of allylic oxidation sites excluding steroid dienone is 2. The molecule has 3 heterocycles. The molecule has 0 radical (unpaired) electrons. The summed E-state index contributed by atoms with van der Waals surface area (Å²) in [7, 11) is 6.16. The van der Waals surface area contributed by atoms with Gasteiger partial charge in [-0.1, -0.05) is 18.2 Å². The number of aromatic nitrogens is 2. The van der Waals surface area contributed by atoms with E-state index in [-0.39, 0.29) is 0 Å². The fraction of sp³-hybridized carbons (Fsp3) is 0.292. The summed E-state index contributed by atoms with van der Waals surface area (Å²) in [5, 5.41) is 4.05. The molecular formula is C24H25N3O5. The van der Waals surface area contributed by atoms with Gasteiger partial charge in [-0.3, -0.25) is 0 Å². The van der Waals surface area contributed by atoms with Crippen molar-refractivity contribution in [3.8, 4) is 5.75 Å². The van der Waals surface area contributed by atoms with Crippen LogP contribution in [0.5, 0.6) is 5.75 Å². The molecule has 0 fully saturated rings. The van der Waals surface area contributed by atoms with Crippen molar-refractivity contribution in [2.24, 2.45) is 7.05 Å². The van der Waals surface area contributed by atoms with E-state index < -0.39 is 17.9 Å². The number of pyridine rings is 1. The van der Waals surface area contributed by atoms with Gasteiger partial charge in [-0.2, -0.15) is 0 Å². The van der Waals surface area contributed by atoms with Gasteiger partial charge >= 0.3 is 11.9 Å². The summed E-state index contributed by atoms with van der Waals surface area (Å²) in [6.07, 6.45) is 0. The van der Waals surface area contributed by atoms with Gasteiger partial charge < -0.3 is 24.1 Å². The van der Waals surface area contributed by atoms with E-state index in [4.69, 9.17) is 19.2 Å². The summed E-state index contributed by atoms with van der Waals surface area (Å²) >= 11 is 0. The Hall–Kier alpha value is -3.81. The Morgan fingerprint density at radius 3 is 2.16 bits per heavy atom. The Kier molecular flexibility index (Phi) is 5.38. The number of hydrogen-bond donors (Lipinski definition) is 1. The van der Waals surface area contributed by atoms with Crippen LogP contribution in [0.15, 0.2) is 52.9 Å². The number of rotatable bonds is 4. The summed E-state index contributed by atoms with van der Waals surface area (Å²) in [6, 6.07) is 9.67. The summed E-state index contributed by atoms with van der Waals surface area (Å²) < 4.78 is 17.9. The highest BCUT2D eigenvalue weighted by Crippen LogP contribution is 2.42. The summed E-state index contributed by atoms with van der Waals surface area (Å²) in [6.45, 7) is 3.54. The number of benzene rings is 1. The van der Waals surface area contributed by atoms with Crippen LogP contribution < -0.4 is 10.1 Å². The smallest absolute Gasteiger partial charge is 0.336 e. The predicted molar refractivity (Wildman–Crippen MR) is 120 cm³/mol. The first-order valence-corrected chi connectivity index (χ1v) is 10.1. The highest BCUT2D eigenvalue weighted by atomic mass is 16.5. The number of nitrogens with one attached hydrogen (secondary N) is 1. The van der Waals surface area contributed by atoms with E-state index >= 15 is 0 Å². The number of carbonyl (C=O) groups excluding carboxylic acids is 2. The SMILES string of the molecule is COC(=O)C1=C(C)NC(C)=C(C(=O)OC)C1c1cc(OC)c2c(n1)c1ccccc1n2C. The fourth-order valence-electron chi connectivity index (χ4n) is 4.49. The molecule has 0 unspecified atom stereocenters. The number of carbonyl (C=O) groups is 2. The van der Waals surface area contributed by atoms with Crippen molar-refractivity contribution in [2.45, 2.75) is 19.8 Å². The van der Waals surface area contributed by atoms with Gasteiger partial charge in [0.1, 0.15) is 16.8 Å². The maximum Gasteiger partial charge on any atom is 0.336 e. The van der Waals surface area contributed by atoms with Crippen LogP contribution in [0.25, 0.3) is 21.9 Å². The van der Waals surface area contributed by atoms with E-state index in [0.717, 1.165) is 21.9 Å². The topological polar surface area (TPSA) is 91.7 Å². The summed E-state index contributed by atoms with van der Waals surface area (Å²) in [4.78, 5) is 30.5. The Bertz CT molecular complexity index is 1290. The minimum absolute atomic E-state index is 0.299. The highest BCUT2D eigenvalue weighted by Gasteiger charge is 2.39. The molecule has 0 atom stereocenters. The van der Waals surface area contributed by atoms with Crippen LogP contribution in [0.2, 0.25) is 0 Å². The molecule has 8 nitrogen and oxygen atoms in total. The Labute approximate surface area is 185 Å². The van der Waals surface area contributed by atoms with E-state index in [1.54, 1.807) is 27.0 Å². The average Bonchev–Trinajstić information content (AvgIpc) is 3.09. The first-order valence-electron chi connectivity index (χ1n) is 10.1. The molecular weight excluding hydrogens is 410 g/mol. The standard InChI is InChI=1S/C24H25N3O5/c1-12-18(23(28)31-5)20(19(13(2)25-12)24(29)32-6)15-11-17(30-4)22-21(26-15)14-9-7-8-10-16(14)27(22)3/h7-11,20,25H,1-6H3. The van der Waals surface area contributed by atoms with Crippen LogP contribution in [-0.4, -0.2) is 42.8 Å². The number of para-hydroxylation sites is 1. The predicted octanol–water partition coefficient (Wildman–Crippen LogP) is 3.32. The van der Waals surface area contributed by atoms with Crippen LogP contribution in [0.3, 0.4) is 0 Å². The lowest BCUT2D eigenvalue weighted by molar-refractivity contribution is -0.137. The summed E-state index contributed by atoms with van der Waals surface area (Å²) in [5.41, 5.74) is 4.81. The lowest BCUT2D eigenvalue weighted by Crippen LogP contribution is -2.32. The van der Waals surface area contributed by atoms with Crippen LogP contribution in [0, 0.1) is 0 Å². The quantitative estimate of drug-likeness (QED) is 0.629. The molecule has 3 aromatic rings. The van der Waals surface area contributed by atoms with Crippen molar-refractivity contribution in [1.29, 1.82) is 0 Å². The van der Waals surface area contributed by atoms with E-state index in [9.17, 15) is 9.59 Å². The largest absolute Gasteiger partial charge is 0.494 e. The van der Waals surface area contributed by atoms with Crippen LogP contribution in [0.1, 0.15) is 25.5 Å². The lowest BCUT2D eigenvalue weighted by atomic mass is 9.82. The first kappa shape index (κ1) is 21.4. The van der Waals surface area contributed by atoms with Crippen molar-refractivity contribution in [3.05, 3.63) is 58.6 Å². The van der Waals surface area contributed by atoms with E-state index in [1.165, 1.54) is 14.2 Å². The number of ether oxygens (including phenoxy) is 3. The molecule has 2 aromatic heterocycles. The lowest BCUT2D eigenvalue weighted by Gasteiger charge is -2.29. The Morgan fingerprint density at radius 1 is 1.00 bits per heavy atom. The van der Waals surface area contributed by atoms with Crippen LogP contribution in [-0.2, 0) is 26.1 Å². The second kappa shape index (κ2) is 8.03. The number of dihydropyridines is 1. The maximum atomic E-state index is 12.8. The molecule has 4 rings (SSSR count). The molecule has 0 saturated carbocycles. The second-order valence-corrected chi connectivity index (χ2v) is 7.64. The fourth-order valence-corrected chi connectivity index (χ4v) is 4.49. The molecule has 1 aliphatic heterocycles. The van der Waals surface area contributed by atoms with Gasteiger partial charge in [0.15, 0.2) is 0 Å². The van der Waals surface area contributed by atoms with Crippen LogP contribution in [0.4, 0.5) is 0 Å². The minimum Gasteiger partial charge on any atom is -0.494 e. The second-order valence-electron chi connectivity index (χ2n) is 7.64. The third-order valence-corrected chi connectivity index (χ3v) is 5.92. The van der Waals surface area contributed by atoms with Crippen molar-refractivity contribution >= 4 is 33.9 Å². The third-order valence-electron chi connectivity index (χ3n) is 5.92. The molecule has 0 bridgehead atoms. The van der Waals surface area contributed by atoms with Gasteiger partial charge in [-0.25, -0.2) is 14.6 Å². The monoisotopic (exact) mass is 435 g/mol. The number of methoxy groups -OCH3 is 3. The zero-order chi connectivity index (χ0) is 23.2. The zero-order valence-corrected chi connectivity index (χ0v) is 18.9. The van der Waals surface area contributed by atoms with Gasteiger partial charge in [-0.15, -0.1) is 0 Å². The Morgan fingerprint density at radius 2 is 1.59 bits per heavy atom. The van der Waals surface area contributed by atoms with Gasteiger partial charge in [0.25, 0.3) is 0 Å². The molecule has 0 amide bonds. The number of fused-ring (bicyclic) bond motifs is 3. The van der Waals surface area contributed by atoms with E-state index in [0.29, 0.717) is 34.0 Å². The van der Waals surface area contributed by atoms with Gasteiger partial charge in [-0.05, 0) is 19.9 Å². The first-order chi connectivity index (χ1) is 15.3. The van der Waals surface area contributed by atoms with Gasteiger partial charge in [0.05, 0.1) is 49.6 Å². The molecule has 1 N–H and O–H groups in total. The highest BCUT2D eigenvalue weighted by molar-refractivity contribution is 6.08. The van der Waals surface area contributed by atoms with E-state index in [1.807, 2.05) is 35.9 Å². The maximum absolute atomic E-state index is 12.8. The van der Waals surface area contributed by atoms with Crippen molar-refractivity contribution < 1.29 is 23.8 Å². The molecule has 1 aliphatic rings. The number of aryl methyl sites for hydroxylation is 1. The number of esters is 2. The number of hydrogen-bond acceptors (Lipinski definition) is 7. The number of nitrogens with zero attached hydrogens (tertiary/aromatic N) is 2.